The second-order valence-electron chi connectivity index (χ2n) is 5.26. The van der Waals surface area contributed by atoms with Gasteiger partial charge < -0.3 is 16.4 Å². The van der Waals surface area contributed by atoms with Crippen molar-refractivity contribution < 1.29 is 9.59 Å². The van der Waals surface area contributed by atoms with E-state index in [1.54, 1.807) is 24.7 Å². The normalized spacial score (nSPS) is 12.0. The Balaban J connectivity index is 1.87. The van der Waals surface area contributed by atoms with Gasteiger partial charge in [0.15, 0.2) is 0 Å². The maximum absolute atomic E-state index is 11.8. The van der Waals surface area contributed by atoms with Crippen molar-refractivity contribution in [3.63, 3.8) is 0 Å². The molecular weight excluding hydrogens is 298 g/mol. The number of aromatic nitrogens is 4. The number of nitrogens with zero attached hydrogens (tertiary/aromatic N) is 4. The van der Waals surface area contributed by atoms with Gasteiger partial charge in [0.1, 0.15) is 0 Å². The first-order valence-electron chi connectivity index (χ1n) is 7.12. The summed E-state index contributed by atoms with van der Waals surface area (Å²) in [6.45, 7) is 3.51. The van der Waals surface area contributed by atoms with Crippen LogP contribution in [0.25, 0.3) is 5.95 Å². The van der Waals surface area contributed by atoms with Gasteiger partial charge in [-0.1, -0.05) is 13.8 Å². The summed E-state index contributed by atoms with van der Waals surface area (Å²) in [6.07, 6.45) is 6.23. The third kappa shape index (κ3) is 4.58. The minimum Gasteiger partial charge on any atom is -0.346 e. The maximum Gasteiger partial charge on any atom is 0.250 e. The lowest BCUT2D eigenvalue weighted by Gasteiger charge is -2.14. The summed E-state index contributed by atoms with van der Waals surface area (Å²) in [4.78, 5) is 31.6. The van der Waals surface area contributed by atoms with Crippen LogP contribution in [0.3, 0.4) is 0 Å². The summed E-state index contributed by atoms with van der Waals surface area (Å²) >= 11 is 0. The van der Waals surface area contributed by atoms with Gasteiger partial charge in [-0.25, -0.2) is 14.6 Å². The van der Waals surface area contributed by atoms with Gasteiger partial charge in [-0.15, -0.1) is 0 Å². The molecule has 23 heavy (non-hydrogen) atoms. The summed E-state index contributed by atoms with van der Waals surface area (Å²) in [5.41, 5.74) is 6.17. The number of amides is 2. The van der Waals surface area contributed by atoms with Gasteiger partial charge in [0.2, 0.25) is 17.8 Å². The zero-order chi connectivity index (χ0) is 16.8. The Morgan fingerprint density at radius 1 is 1.30 bits per heavy atom. The number of nitrogens with two attached hydrogens (primary N) is 1. The van der Waals surface area contributed by atoms with Crippen molar-refractivity contribution >= 4 is 17.5 Å². The van der Waals surface area contributed by atoms with Gasteiger partial charge in [-0.3, -0.25) is 9.59 Å². The van der Waals surface area contributed by atoms with Crippen molar-refractivity contribution in [1.82, 2.24) is 25.1 Å². The van der Waals surface area contributed by atoms with Crippen LogP contribution in [0, 0.1) is 5.92 Å². The molecule has 2 amide bonds. The van der Waals surface area contributed by atoms with E-state index in [1.807, 2.05) is 13.8 Å². The molecule has 2 aromatic rings. The molecule has 0 aromatic carbocycles. The number of hydrogen-bond acceptors (Lipinski definition) is 6. The van der Waals surface area contributed by atoms with Crippen LogP contribution in [0.1, 0.15) is 13.8 Å². The van der Waals surface area contributed by atoms with E-state index in [0.717, 1.165) is 0 Å². The van der Waals surface area contributed by atoms with E-state index >= 15 is 0 Å². The molecule has 0 aliphatic heterocycles. The predicted octanol–water partition coefficient (Wildman–Crippen LogP) is -0.300. The molecule has 9 nitrogen and oxygen atoms in total. The number of carbonyl (C=O) groups is 2. The molecule has 2 rings (SSSR count). The van der Waals surface area contributed by atoms with E-state index in [4.69, 9.17) is 5.73 Å². The molecule has 0 unspecified atom stereocenters. The van der Waals surface area contributed by atoms with Gasteiger partial charge in [0.25, 0.3) is 0 Å². The fraction of sp³-hybridized carbons (Fsp3) is 0.357. The minimum absolute atomic E-state index is 0.00201. The number of carbonyl (C=O) groups excluding carboxylic acids is 2. The van der Waals surface area contributed by atoms with Crippen LogP contribution in [0.5, 0.6) is 0 Å². The SMILES string of the molecule is CC(C)[C@H](N)C(=O)NCC(=O)Nc1cnn(-c2ncccn2)c1. The lowest BCUT2D eigenvalue weighted by Crippen LogP contribution is -2.46. The van der Waals surface area contributed by atoms with Crippen molar-refractivity contribution in [2.45, 2.75) is 19.9 Å². The first kappa shape index (κ1) is 16.6. The van der Waals surface area contributed by atoms with Gasteiger partial charge in [0.05, 0.1) is 30.7 Å². The van der Waals surface area contributed by atoms with Crippen molar-refractivity contribution in [3.8, 4) is 5.95 Å². The quantitative estimate of drug-likeness (QED) is 0.671. The van der Waals surface area contributed by atoms with Crippen molar-refractivity contribution in [1.29, 1.82) is 0 Å². The fourth-order valence-electron chi connectivity index (χ4n) is 1.70. The highest BCUT2D eigenvalue weighted by atomic mass is 16.2. The minimum atomic E-state index is -0.638. The molecule has 0 bridgehead atoms. The maximum atomic E-state index is 11.8. The monoisotopic (exact) mass is 317 g/mol. The molecule has 4 N–H and O–H groups in total. The standard InChI is InChI=1S/C14H19N7O2/c1-9(2)12(15)13(23)18-7-11(22)20-10-6-19-21(8-10)14-16-4-3-5-17-14/h3-6,8-9,12H,7,15H2,1-2H3,(H,18,23)(H,20,22)/t12-/m0/s1. The molecule has 0 radical (unpaired) electrons. The average molecular weight is 317 g/mol. The van der Waals surface area contributed by atoms with Crippen LogP contribution in [-0.4, -0.2) is 44.1 Å². The third-order valence-electron chi connectivity index (χ3n) is 3.07. The van der Waals surface area contributed by atoms with Crippen LogP contribution in [0.15, 0.2) is 30.9 Å². The van der Waals surface area contributed by atoms with Gasteiger partial charge in [0, 0.05) is 12.4 Å². The smallest absolute Gasteiger partial charge is 0.250 e. The lowest BCUT2D eigenvalue weighted by atomic mass is 10.1. The third-order valence-corrected chi connectivity index (χ3v) is 3.07. The second kappa shape index (κ2) is 7.45. The number of hydrogen-bond donors (Lipinski definition) is 3. The molecule has 1 atom stereocenters. The second-order valence-corrected chi connectivity index (χ2v) is 5.26. The Hall–Kier alpha value is -2.81. The summed E-state index contributed by atoms with van der Waals surface area (Å²) < 4.78 is 1.43. The summed E-state index contributed by atoms with van der Waals surface area (Å²) in [5, 5.41) is 9.17. The summed E-state index contributed by atoms with van der Waals surface area (Å²) in [6, 6.07) is 1.06. The molecule has 0 saturated heterocycles. The van der Waals surface area contributed by atoms with Crippen molar-refractivity contribution in [2.75, 3.05) is 11.9 Å². The first-order valence-corrected chi connectivity index (χ1v) is 7.12. The molecule has 2 heterocycles. The van der Waals surface area contributed by atoms with Gasteiger partial charge >= 0.3 is 0 Å². The number of nitrogens with one attached hydrogen (secondary N) is 2. The van der Waals surface area contributed by atoms with E-state index in [9.17, 15) is 9.59 Å². The zero-order valence-corrected chi connectivity index (χ0v) is 12.9. The molecule has 122 valence electrons. The van der Waals surface area contributed by atoms with Crippen LogP contribution < -0.4 is 16.4 Å². The lowest BCUT2D eigenvalue weighted by molar-refractivity contribution is -0.125. The molecule has 0 fully saturated rings. The first-order chi connectivity index (χ1) is 11.0. The highest BCUT2D eigenvalue weighted by molar-refractivity contribution is 5.95. The zero-order valence-electron chi connectivity index (χ0n) is 12.9. The Morgan fingerprint density at radius 2 is 2.00 bits per heavy atom. The predicted molar refractivity (Wildman–Crippen MR) is 83.6 cm³/mol. The highest BCUT2D eigenvalue weighted by Crippen LogP contribution is 2.07. The van der Waals surface area contributed by atoms with Crippen molar-refractivity contribution in [2.24, 2.45) is 11.7 Å². The largest absolute Gasteiger partial charge is 0.346 e. The van der Waals surface area contributed by atoms with E-state index in [2.05, 4.69) is 25.7 Å². The Labute approximate surface area is 133 Å². The highest BCUT2D eigenvalue weighted by Gasteiger charge is 2.17. The van der Waals surface area contributed by atoms with E-state index in [-0.39, 0.29) is 24.3 Å². The molecule has 0 saturated carbocycles. The average Bonchev–Trinajstić information content (AvgIpc) is 3.01. The molecule has 0 aliphatic carbocycles. The van der Waals surface area contributed by atoms with E-state index in [0.29, 0.717) is 11.6 Å². The molecule has 0 aliphatic rings. The molecular formula is C14H19N7O2. The van der Waals surface area contributed by atoms with E-state index in [1.165, 1.54) is 10.9 Å². The van der Waals surface area contributed by atoms with Gasteiger partial charge in [-0.2, -0.15) is 5.10 Å². The number of rotatable bonds is 6. The molecule has 2 aromatic heterocycles. The molecule has 9 heteroatoms. The van der Waals surface area contributed by atoms with Crippen LogP contribution in [0.2, 0.25) is 0 Å². The Bertz CT molecular complexity index is 669. The van der Waals surface area contributed by atoms with Crippen molar-refractivity contribution in [3.05, 3.63) is 30.9 Å². The van der Waals surface area contributed by atoms with Crippen LogP contribution >= 0.6 is 0 Å². The Kier molecular flexibility index (Phi) is 5.36. The summed E-state index contributed by atoms with van der Waals surface area (Å²) in [7, 11) is 0. The summed E-state index contributed by atoms with van der Waals surface area (Å²) in [5.74, 6) is -0.335. The van der Waals surface area contributed by atoms with E-state index < -0.39 is 6.04 Å². The number of anilines is 1. The fourth-order valence-corrected chi connectivity index (χ4v) is 1.70. The Morgan fingerprint density at radius 3 is 2.65 bits per heavy atom. The van der Waals surface area contributed by atoms with Gasteiger partial charge in [-0.05, 0) is 12.0 Å². The molecule has 0 spiro atoms. The topological polar surface area (TPSA) is 128 Å². The van der Waals surface area contributed by atoms with Crippen LogP contribution in [0.4, 0.5) is 5.69 Å². The van der Waals surface area contributed by atoms with Crippen LogP contribution in [-0.2, 0) is 9.59 Å².